The summed E-state index contributed by atoms with van der Waals surface area (Å²) >= 11 is 0. The lowest BCUT2D eigenvalue weighted by molar-refractivity contribution is -0.317. The van der Waals surface area contributed by atoms with Crippen molar-refractivity contribution in [2.24, 2.45) is 0 Å². The van der Waals surface area contributed by atoms with Gasteiger partial charge in [-0.05, 0) is 6.92 Å². The zero-order chi connectivity index (χ0) is 11.1. The maximum absolute atomic E-state index is 12.2. The lowest BCUT2D eigenvalue weighted by Crippen LogP contribution is -2.56. The third kappa shape index (κ3) is 1.88. The molecule has 0 aliphatic carbocycles. The van der Waals surface area contributed by atoms with E-state index in [-0.39, 0.29) is 13.8 Å². The first-order valence-electron chi connectivity index (χ1n) is 3.22. The van der Waals surface area contributed by atoms with Crippen molar-refractivity contribution < 1.29 is 30.7 Å². The van der Waals surface area contributed by atoms with E-state index in [1.165, 1.54) is 0 Å². The molecule has 0 spiro atoms. The van der Waals surface area contributed by atoms with Crippen LogP contribution in [-0.4, -0.2) is 23.9 Å². The molecule has 0 radical (unpaired) electrons. The predicted octanol–water partition coefficient (Wildman–Crippen LogP) is 3.27. The summed E-state index contributed by atoms with van der Waals surface area (Å²) in [5.41, 5.74) is 0. The fourth-order valence-electron chi connectivity index (χ4n) is 0.542. The normalized spacial score (nSPS) is 17.3. The highest BCUT2D eigenvalue weighted by molar-refractivity contribution is 4.96. The number of alkyl halides is 7. The Morgan fingerprint density at radius 1 is 0.923 bits per heavy atom. The molecule has 0 aromatic heterocycles. The minimum Gasteiger partial charge on any atom is -0.241 e. The summed E-state index contributed by atoms with van der Waals surface area (Å²) < 4.78 is 84.7. The molecular weight excluding hydrogens is 205 g/mol. The highest BCUT2D eigenvalue weighted by atomic mass is 19.3. The van der Waals surface area contributed by atoms with Crippen molar-refractivity contribution in [2.45, 2.75) is 37.8 Å². The Bertz CT molecular complexity index is 178. The minimum atomic E-state index is -5.69. The van der Waals surface area contributed by atoms with Gasteiger partial charge >= 0.3 is 17.8 Å². The second kappa shape index (κ2) is 3.02. The molecule has 0 aliphatic rings. The van der Waals surface area contributed by atoms with Crippen LogP contribution in [0.4, 0.5) is 30.7 Å². The van der Waals surface area contributed by atoms with Crippen molar-refractivity contribution in [2.75, 3.05) is 0 Å². The molecule has 0 nitrogen and oxygen atoms in total. The third-order valence-corrected chi connectivity index (χ3v) is 1.47. The summed E-state index contributed by atoms with van der Waals surface area (Å²) in [7, 11) is 0. The van der Waals surface area contributed by atoms with Gasteiger partial charge < -0.3 is 0 Å². The highest BCUT2D eigenvalue weighted by Gasteiger charge is 2.71. The van der Waals surface area contributed by atoms with E-state index >= 15 is 0 Å². The van der Waals surface area contributed by atoms with Crippen LogP contribution in [0.15, 0.2) is 0 Å². The molecule has 0 N–H and O–H groups in total. The maximum Gasteiger partial charge on any atom is 0.374 e. The minimum absolute atomic E-state index is 0.0969. The van der Waals surface area contributed by atoms with E-state index in [0.717, 1.165) is 0 Å². The summed E-state index contributed by atoms with van der Waals surface area (Å²) in [4.78, 5) is 0. The van der Waals surface area contributed by atoms with Gasteiger partial charge in [-0.3, -0.25) is 0 Å². The summed E-state index contributed by atoms with van der Waals surface area (Å²) in [6.45, 7) is -0.289. The Morgan fingerprint density at radius 2 is 1.23 bits per heavy atom. The molecule has 0 aromatic rings. The second-order valence-corrected chi connectivity index (χ2v) is 2.70. The standard InChI is InChI=1S/C6H7F7/c1-3(7)5(10,11)6(12,13)4(2,8)9/h3H,1-2H3. The van der Waals surface area contributed by atoms with Crippen LogP contribution < -0.4 is 0 Å². The van der Waals surface area contributed by atoms with Gasteiger partial charge in [0.05, 0.1) is 0 Å². The van der Waals surface area contributed by atoms with Crippen LogP contribution in [-0.2, 0) is 0 Å². The average Bonchev–Trinajstić information content (AvgIpc) is 1.84. The molecule has 0 fully saturated rings. The first-order valence-corrected chi connectivity index (χ1v) is 3.22. The van der Waals surface area contributed by atoms with Gasteiger partial charge in [0, 0.05) is 6.92 Å². The van der Waals surface area contributed by atoms with Crippen molar-refractivity contribution in [1.82, 2.24) is 0 Å². The molecule has 0 saturated carbocycles. The number of halogens is 7. The average molecular weight is 212 g/mol. The van der Waals surface area contributed by atoms with E-state index in [4.69, 9.17) is 0 Å². The van der Waals surface area contributed by atoms with Gasteiger partial charge in [0.15, 0.2) is 6.17 Å². The van der Waals surface area contributed by atoms with Crippen LogP contribution in [0.5, 0.6) is 0 Å². The molecule has 1 unspecified atom stereocenters. The summed E-state index contributed by atoms with van der Waals surface area (Å²) in [5.74, 6) is -16.0. The molecular formula is C6H7F7. The van der Waals surface area contributed by atoms with E-state index in [9.17, 15) is 30.7 Å². The van der Waals surface area contributed by atoms with Gasteiger partial charge in [-0.1, -0.05) is 0 Å². The first kappa shape index (κ1) is 12.5. The summed E-state index contributed by atoms with van der Waals surface area (Å²) in [6, 6.07) is 0. The van der Waals surface area contributed by atoms with Crippen LogP contribution >= 0.6 is 0 Å². The summed E-state index contributed by atoms with van der Waals surface area (Å²) in [6.07, 6.45) is -3.34. The first-order chi connectivity index (χ1) is 5.44. The van der Waals surface area contributed by atoms with Crippen LogP contribution in [0, 0.1) is 0 Å². The van der Waals surface area contributed by atoms with E-state index in [2.05, 4.69) is 0 Å². The van der Waals surface area contributed by atoms with Gasteiger partial charge in [-0.15, -0.1) is 0 Å². The monoisotopic (exact) mass is 212 g/mol. The van der Waals surface area contributed by atoms with E-state index < -0.39 is 23.9 Å². The number of hydrogen-bond donors (Lipinski definition) is 0. The Morgan fingerprint density at radius 3 is 1.31 bits per heavy atom. The lowest BCUT2D eigenvalue weighted by atomic mass is 10.0. The van der Waals surface area contributed by atoms with Gasteiger partial charge in [0.25, 0.3) is 0 Å². The molecule has 13 heavy (non-hydrogen) atoms. The van der Waals surface area contributed by atoms with Crippen molar-refractivity contribution in [3.63, 3.8) is 0 Å². The smallest absolute Gasteiger partial charge is 0.241 e. The van der Waals surface area contributed by atoms with Crippen LogP contribution in [0.25, 0.3) is 0 Å². The van der Waals surface area contributed by atoms with E-state index in [1.54, 1.807) is 0 Å². The molecule has 1 atom stereocenters. The van der Waals surface area contributed by atoms with Crippen LogP contribution in [0.2, 0.25) is 0 Å². The number of rotatable bonds is 3. The molecule has 0 bridgehead atoms. The molecule has 0 saturated heterocycles. The topological polar surface area (TPSA) is 0 Å². The van der Waals surface area contributed by atoms with Crippen molar-refractivity contribution >= 4 is 0 Å². The van der Waals surface area contributed by atoms with Crippen LogP contribution in [0.3, 0.4) is 0 Å². The van der Waals surface area contributed by atoms with Gasteiger partial charge in [0.2, 0.25) is 0 Å². The lowest BCUT2D eigenvalue weighted by Gasteiger charge is -2.31. The number of hydrogen-bond acceptors (Lipinski definition) is 0. The molecule has 0 heterocycles. The molecule has 0 aliphatic heterocycles. The molecule has 0 rings (SSSR count). The van der Waals surface area contributed by atoms with E-state index in [0.29, 0.717) is 0 Å². The molecule has 80 valence electrons. The molecule has 0 aromatic carbocycles. The Hall–Kier alpha value is -0.490. The van der Waals surface area contributed by atoms with Gasteiger partial charge in [-0.2, -0.15) is 26.3 Å². The second-order valence-electron chi connectivity index (χ2n) is 2.70. The van der Waals surface area contributed by atoms with Gasteiger partial charge in [-0.25, -0.2) is 4.39 Å². The Kier molecular flexibility index (Phi) is 2.91. The third-order valence-electron chi connectivity index (χ3n) is 1.47. The van der Waals surface area contributed by atoms with Crippen molar-refractivity contribution in [1.29, 1.82) is 0 Å². The van der Waals surface area contributed by atoms with Crippen molar-refractivity contribution in [3.05, 3.63) is 0 Å². The highest BCUT2D eigenvalue weighted by Crippen LogP contribution is 2.47. The SMILES string of the molecule is CC(F)C(F)(F)C(F)(F)C(C)(F)F. The quantitative estimate of drug-likeness (QED) is 0.630. The predicted molar refractivity (Wildman–Crippen MR) is 31.1 cm³/mol. The van der Waals surface area contributed by atoms with Crippen molar-refractivity contribution in [3.8, 4) is 0 Å². The zero-order valence-corrected chi connectivity index (χ0v) is 6.72. The largest absolute Gasteiger partial charge is 0.374 e. The fraction of sp³-hybridized carbons (Fsp3) is 1.00. The maximum atomic E-state index is 12.2. The fourth-order valence-corrected chi connectivity index (χ4v) is 0.542. The van der Waals surface area contributed by atoms with Gasteiger partial charge in [0.1, 0.15) is 0 Å². The summed E-state index contributed by atoms with van der Waals surface area (Å²) in [5, 5.41) is 0. The molecule has 0 amide bonds. The Balaban J connectivity index is 5.04. The molecule has 7 heteroatoms. The van der Waals surface area contributed by atoms with Crippen LogP contribution in [0.1, 0.15) is 13.8 Å². The zero-order valence-electron chi connectivity index (χ0n) is 6.72. The van der Waals surface area contributed by atoms with E-state index in [1.807, 2.05) is 0 Å². The Labute approximate surface area is 69.7 Å².